The summed E-state index contributed by atoms with van der Waals surface area (Å²) in [5.74, 6) is 0. The lowest BCUT2D eigenvalue weighted by Gasteiger charge is -2.35. The van der Waals surface area contributed by atoms with Gasteiger partial charge in [-0.1, -0.05) is 18.2 Å². The minimum atomic E-state index is -2.92. The largest absolute Gasteiger partial charge is 0.907 e. The fraction of sp³-hybridized carbons (Fsp3) is 0.167. The highest BCUT2D eigenvalue weighted by Crippen LogP contribution is 1.72. The molecule has 0 spiro atoms. The molecule has 0 aliphatic carbocycles. The molecule has 0 saturated carbocycles. The lowest BCUT2D eigenvalue weighted by Crippen LogP contribution is -2.56. The fourth-order valence-corrected chi connectivity index (χ4v) is 1.45. The molecule has 3 aromatic rings. The number of nitrogens with zero attached hydrogens (tertiary/aromatic N) is 3. The first-order chi connectivity index (χ1) is 11.9. The van der Waals surface area contributed by atoms with Gasteiger partial charge in [-0.15, -0.1) is 0 Å². The van der Waals surface area contributed by atoms with Gasteiger partial charge in [0.05, 0.1) is 0 Å². The molecule has 0 aliphatic rings. The summed E-state index contributed by atoms with van der Waals surface area (Å²) in [5, 5.41) is 25.2. The third kappa shape index (κ3) is 17.6. The molecule has 7 heteroatoms. The lowest BCUT2D eigenvalue weighted by atomic mass is 10.3. The van der Waals surface area contributed by atoms with E-state index in [1.54, 1.807) is 0 Å². The first kappa shape index (κ1) is 22.4. The zero-order valence-electron chi connectivity index (χ0n) is 14.8. The zero-order chi connectivity index (χ0) is 18.9. The Hall–Kier alpha value is -2.61. The van der Waals surface area contributed by atoms with Gasteiger partial charge in [0.1, 0.15) is 21.1 Å². The molecule has 0 fully saturated rings. The summed E-state index contributed by atoms with van der Waals surface area (Å²) in [5.41, 5.74) is 0. The summed E-state index contributed by atoms with van der Waals surface area (Å²) in [6, 6.07) is 18.0. The van der Waals surface area contributed by atoms with Crippen molar-refractivity contribution in [3.63, 3.8) is 0 Å². The van der Waals surface area contributed by atoms with Crippen LogP contribution in [0.5, 0.6) is 0 Å². The Kier molecular flexibility index (Phi) is 13.4. The second kappa shape index (κ2) is 15.0. The molecule has 25 heavy (non-hydrogen) atoms. The van der Waals surface area contributed by atoms with E-state index >= 15 is 0 Å². The zero-order valence-corrected chi connectivity index (χ0v) is 14.8. The van der Waals surface area contributed by atoms with Crippen molar-refractivity contribution in [1.29, 1.82) is 0 Å². The van der Waals surface area contributed by atoms with Gasteiger partial charge in [0.2, 0.25) is 0 Å². The van der Waals surface area contributed by atoms with Crippen LogP contribution in [0, 0.1) is 0 Å². The maximum Gasteiger partial charge on any atom is 0.168 e. The molecule has 0 N–H and O–H groups in total. The van der Waals surface area contributed by atoms with Crippen molar-refractivity contribution in [2.75, 3.05) is 0 Å². The van der Waals surface area contributed by atoms with Crippen molar-refractivity contribution >= 4 is 7.32 Å². The van der Waals surface area contributed by atoms with E-state index in [9.17, 15) is 0 Å². The Labute approximate surface area is 149 Å². The minimum absolute atomic E-state index is 2.00. The number of hydrogen-bond donors (Lipinski definition) is 0. The van der Waals surface area contributed by atoms with Crippen molar-refractivity contribution in [3.8, 4) is 0 Å². The van der Waals surface area contributed by atoms with Gasteiger partial charge in [0, 0.05) is 36.4 Å². The van der Waals surface area contributed by atoms with E-state index in [0.29, 0.717) is 0 Å². The summed E-state index contributed by atoms with van der Waals surface area (Å²) >= 11 is 0. The van der Waals surface area contributed by atoms with Crippen molar-refractivity contribution in [1.82, 2.24) is 0 Å². The van der Waals surface area contributed by atoms with Gasteiger partial charge in [0.25, 0.3) is 0 Å². The third-order valence-corrected chi connectivity index (χ3v) is 2.59. The summed E-state index contributed by atoms with van der Waals surface area (Å²) in [6.07, 6.45) is 12.0. The minimum Gasteiger partial charge on any atom is -0.907 e. The van der Waals surface area contributed by atoms with E-state index in [-0.39, 0.29) is 0 Å². The van der Waals surface area contributed by atoms with Gasteiger partial charge in [-0.05, 0) is 0 Å². The maximum atomic E-state index is 8.42. The van der Waals surface area contributed by atoms with Gasteiger partial charge < -0.3 is 15.1 Å². The lowest BCUT2D eigenvalue weighted by molar-refractivity contribution is -0.671. The molecule has 0 aromatic carbocycles. The van der Waals surface area contributed by atoms with Crippen LogP contribution in [0.25, 0.3) is 0 Å². The van der Waals surface area contributed by atoms with E-state index in [0.717, 1.165) is 0 Å². The molecule has 132 valence electrons. The van der Waals surface area contributed by atoms with Crippen LogP contribution in [0.15, 0.2) is 91.8 Å². The Morgan fingerprint density at radius 3 is 0.680 bits per heavy atom. The molecule has 3 rings (SSSR count). The van der Waals surface area contributed by atoms with Crippen LogP contribution in [0.3, 0.4) is 0 Å². The van der Waals surface area contributed by atoms with Crippen LogP contribution >= 0.6 is 0 Å². The number of aryl methyl sites for hydroxylation is 3. The SMILES string of the molecule is C[n+]1ccccc1.C[n+]1ccccc1.C[n+]1ccccc1.[O-]B([O-])[O-]. The summed E-state index contributed by atoms with van der Waals surface area (Å²) in [4.78, 5) is 0. The van der Waals surface area contributed by atoms with Crippen molar-refractivity contribution in [3.05, 3.63) is 91.8 Å². The first-order valence-electron chi connectivity index (χ1n) is 7.60. The Morgan fingerprint density at radius 2 is 0.600 bits per heavy atom. The van der Waals surface area contributed by atoms with E-state index in [1.807, 2.05) is 127 Å². The highest BCUT2D eigenvalue weighted by atomic mass is 16.5. The Bertz CT molecular complexity index is 550. The van der Waals surface area contributed by atoms with Gasteiger partial charge in [-0.3, -0.25) is 7.32 Å². The van der Waals surface area contributed by atoms with Crippen LogP contribution in [0.2, 0.25) is 0 Å². The summed E-state index contributed by atoms with van der Waals surface area (Å²) in [7, 11) is 3.08. The molecule has 3 heterocycles. The average Bonchev–Trinajstić information content (AvgIpc) is 2.58. The molecule has 6 nitrogen and oxygen atoms in total. The fourth-order valence-electron chi connectivity index (χ4n) is 1.45. The topological polar surface area (TPSA) is 80.8 Å². The van der Waals surface area contributed by atoms with Gasteiger partial charge in [-0.25, -0.2) is 13.7 Å². The molecule has 0 amide bonds. The van der Waals surface area contributed by atoms with Crippen LogP contribution < -0.4 is 28.8 Å². The number of aromatic nitrogens is 3. The highest BCUT2D eigenvalue weighted by molar-refractivity contribution is 6.24. The number of pyridine rings is 3. The van der Waals surface area contributed by atoms with E-state index < -0.39 is 7.32 Å². The van der Waals surface area contributed by atoms with E-state index in [4.69, 9.17) is 15.1 Å². The quantitative estimate of drug-likeness (QED) is 0.337. The molecule has 0 aliphatic heterocycles. The normalized spacial score (nSPS) is 8.40. The predicted molar refractivity (Wildman–Crippen MR) is 88.6 cm³/mol. The standard InChI is InChI=1S/3C6H8N.BO3/c3*1-7-5-3-2-4-6-7;2-1(3)4/h3*2-6H,1H3;/q3*+1;-3. The smallest absolute Gasteiger partial charge is 0.168 e. The Morgan fingerprint density at radius 1 is 0.440 bits per heavy atom. The van der Waals surface area contributed by atoms with Crippen LogP contribution in [0.4, 0.5) is 0 Å². The molecular formula is C18H24BN3O3. The van der Waals surface area contributed by atoms with Crippen LogP contribution in [-0.2, 0) is 21.1 Å². The summed E-state index contributed by atoms with van der Waals surface area (Å²) in [6.45, 7) is 0. The molecule has 0 bridgehead atoms. The van der Waals surface area contributed by atoms with Crippen molar-refractivity contribution in [2.45, 2.75) is 0 Å². The summed E-state index contributed by atoms with van der Waals surface area (Å²) < 4.78 is 6.00. The van der Waals surface area contributed by atoms with Gasteiger partial charge in [0.15, 0.2) is 37.2 Å². The average molecular weight is 341 g/mol. The molecule has 0 unspecified atom stereocenters. The number of hydrogen-bond acceptors (Lipinski definition) is 3. The van der Waals surface area contributed by atoms with E-state index in [2.05, 4.69) is 0 Å². The molecular weight excluding hydrogens is 317 g/mol. The van der Waals surface area contributed by atoms with Crippen LogP contribution in [-0.4, -0.2) is 7.32 Å². The predicted octanol–water partition coefficient (Wildman–Crippen LogP) is -2.41. The molecule has 3 aromatic heterocycles. The van der Waals surface area contributed by atoms with E-state index in [1.165, 1.54) is 0 Å². The second-order valence-corrected chi connectivity index (χ2v) is 4.91. The third-order valence-electron chi connectivity index (χ3n) is 2.59. The Balaban J connectivity index is 0.000000314. The molecule has 0 atom stereocenters. The van der Waals surface area contributed by atoms with Gasteiger partial charge >= 0.3 is 0 Å². The number of rotatable bonds is 0. The van der Waals surface area contributed by atoms with Crippen molar-refractivity contribution < 1.29 is 28.8 Å². The monoisotopic (exact) mass is 341 g/mol. The van der Waals surface area contributed by atoms with Crippen LogP contribution in [0.1, 0.15) is 0 Å². The first-order valence-corrected chi connectivity index (χ1v) is 7.60. The van der Waals surface area contributed by atoms with Gasteiger partial charge in [-0.2, -0.15) is 0 Å². The molecule has 0 saturated heterocycles. The second-order valence-electron chi connectivity index (χ2n) is 4.91. The van der Waals surface area contributed by atoms with Crippen molar-refractivity contribution in [2.24, 2.45) is 21.1 Å². The maximum absolute atomic E-state index is 8.42. The molecule has 0 radical (unpaired) electrons. The highest BCUT2D eigenvalue weighted by Gasteiger charge is 1.79.